The molecule has 0 unspecified atom stereocenters. The van der Waals surface area contributed by atoms with Crippen LogP contribution in [0.15, 0.2) is 72.8 Å². The largest absolute Gasteiger partial charge is 0.361 e. The van der Waals surface area contributed by atoms with E-state index in [2.05, 4.69) is 16.0 Å². The Morgan fingerprint density at radius 2 is 1.64 bits per heavy atom. The van der Waals surface area contributed by atoms with Gasteiger partial charge in [0.2, 0.25) is 5.91 Å². The Bertz CT molecular complexity index is 1410. The van der Waals surface area contributed by atoms with Crippen molar-refractivity contribution in [3.8, 4) is 0 Å². The van der Waals surface area contributed by atoms with E-state index in [-0.39, 0.29) is 31.6 Å². The SMILES string of the molecule is CCOP(=O)(OCC)c1ccc2c(c1)C(=C(Nc1ccc(N(C)C(=O)CNC)cc1)c1ccccc1)C(=O)N2. The number of nitrogens with zero attached hydrogens (tertiary/aromatic N) is 1. The summed E-state index contributed by atoms with van der Waals surface area (Å²) < 4.78 is 24.6. The van der Waals surface area contributed by atoms with Gasteiger partial charge in [-0.05, 0) is 68.9 Å². The molecule has 0 atom stereocenters. The Kier molecular flexibility index (Phi) is 8.99. The maximum absolute atomic E-state index is 13.5. The van der Waals surface area contributed by atoms with E-state index in [9.17, 15) is 14.2 Å². The van der Waals surface area contributed by atoms with E-state index in [0.717, 1.165) is 16.9 Å². The van der Waals surface area contributed by atoms with Gasteiger partial charge in [-0.15, -0.1) is 0 Å². The van der Waals surface area contributed by atoms with Gasteiger partial charge in [0.1, 0.15) is 0 Å². The highest BCUT2D eigenvalue weighted by molar-refractivity contribution is 7.62. The number of rotatable bonds is 11. The number of benzene rings is 3. The molecule has 0 fully saturated rings. The summed E-state index contributed by atoms with van der Waals surface area (Å²) >= 11 is 0. The van der Waals surface area contributed by atoms with E-state index in [1.54, 1.807) is 51.0 Å². The van der Waals surface area contributed by atoms with Crippen molar-refractivity contribution in [3.63, 3.8) is 0 Å². The van der Waals surface area contributed by atoms with Gasteiger partial charge in [-0.3, -0.25) is 14.2 Å². The molecular weight excluding hydrogens is 515 g/mol. The van der Waals surface area contributed by atoms with Gasteiger partial charge in [-0.25, -0.2) is 0 Å². The van der Waals surface area contributed by atoms with Crippen LogP contribution >= 0.6 is 7.60 Å². The standard InChI is InChI=1S/C29H33N4O5P/c1-5-37-39(36,38-6-2)23-16-17-25-24(18-23)27(29(35)32-25)28(20-10-8-7-9-11-20)31-21-12-14-22(15-13-21)33(4)26(34)19-30-3/h7-18,30-31H,5-6,19H2,1-4H3,(H,32,35). The molecule has 0 bridgehead atoms. The predicted octanol–water partition coefficient (Wildman–Crippen LogP) is 4.69. The normalized spacial score (nSPS) is 14.0. The summed E-state index contributed by atoms with van der Waals surface area (Å²) in [6, 6.07) is 22.0. The molecule has 1 heterocycles. The molecule has 3 aromatic carbocycles. The van der Waals surface area contributed by atoms with Crippen molar-refractivity contribution in [1.29, 1.82) is 0 Å². The molecule has 0 aromatic heterocycles. The second-order valence-corrected chi connectivity index (χ2v) is 10.8. The van der Waals surface area contributed by atoms with Crippen LogP contribution in [0.4, 0.5) is 17.1 Å². The smallest absolute Gasteiger partial charge is 0.354 e. The molecule has 39 heavy (non-hydrogen) atoms. The first-order valence-corrected chi connectivity index (χ1v) is 14.3. The number of likely N-dealkylation sites (N-methyl/N-ethyl adjacent to an activating group) is 2. The van der Waals surface area contributed by atoms with Gasteiger partial charge < -0.3 is 29.9 Å². The van der Waals surface area contributed by atoms with Gasteiger partial charge in [-0.1, -0.05) is 30.3 Å². The van der Waals surface area contributed by atoms with Crippen LogP contribution in [-0.4, -0.2) is 45.7 Å². The number of carbonyl (C=O) groups excluding carboxylic acids is 2. The van der Waals surface area contributed by atoms with E-state index in [4.69, 9.17) is 9.05 Å². The maximum Gasteiger partial charge on any atom is 0.361 e. The lowest BCUT2D eigenvalue weighted by molar-refractivity contribution is -0.117. The molecule has 1 aliphatic rings. The van der Waals surface area contributed by atoms with Crippen LogP contribution in [0.5, 0.6) is 0 Å². The summed E-state index contributed by atoms with van der Waals surface area (Å²) in [4.78, 5) is 27.2. The zero-order chi connectivity index (χ0) is 28.0. The van der Waals surface area contributed by atoms with Gasteiger partial charge in [0, 0.05) is 29.7 Å². The van der Waals surface area contributed by atoms with Crippen LogP contribution < -0.4 is 26.2 Å². The van der Waals surface area contributed by atoms with Crippen LogP contribution in [0.1, 0.15) is 25.0 Å². The fraction of sp³-hybridized carbons (Fsp3) is 0.241. The Balaban J connectivity index is 1.79. The second kappa shape index (κ2) is 12.4. The van der Waals surface area contributed by atoms with E-state index >= 15 is 0 Å². The zero-order valence-corrected chi connectivity index (χ0v) is 23.4. The minimum absolute atomic E-state index is 0.0586. The molecular formula is C29H33N4O5P. The molecule has 204 valence electrons. The molecule has 0 saturated carbocycles. The predicted molar refractivity (Wildman–Crippen MR) is 156 cm³/mol. The van der Waals surface area contributed by atoms with Gasteiger partial charge in [-0.2, -0.15) is 0 Å². The number of amides is 2. The molecule has 0 spiro atoms. The average molecular weight is 549 g/mol. The quantitative estimate of drug-likeness (QED) is 0.236. The number of carbonyl (C=O) groups is 2. The van der Waals surface area contributed by atoms with E-state index in [1.165, 1.54) is 0 Å². The monoisotopic (exact) mass is 548 g/mol. The van der Waals surface area contributed by atoms with Crippen molar-refractivity contribution in [1.82, 2.24) is 5.32 Å². The molecule has 0 radical (unpaired) electrons. The third-order valence-corrected chi connectivity index (χ3v) is 8.31. The minimum Gasteiger partial charge on any atom is -0.354 e. The summed E-state index contributed by atoms with van der Waals surface area (Å²) in [6.07, 6.45) is 0. The van der Waals surface area contributed by atoms with E-state index in [1.807, 2.05) is 54.6 Å². The molecule has 10 heteroatoms. The van der Waals surface area contributed by atoms with Gasteiger partial charge in [0.15, 0.2) is 0 Å². The number of hydrogen-bond acceptors (Lipinski definition) is 7. The van der Waals surface area contributed by atoms with Crippen molar-refractivity contribution in [3.05, 3.63) is 83.9 Å². The Morgan fingerprint density at radius 3 is 2.26 bits per heavy atom. The van der Waals surface area contributed by atoms with E-state index < -0.39 is 7.60 Å². The highest BCUT2D eigenvalue weighted by Crippen LogP contribution is 2.48. The van der Waals surface area contributed by atoms with Crippen molar-refractivity contribution in [2.75, 3.05) is 49.4 Å². The molecule has 4 rings (SSSR count). The lowest BCUT2D eigenvalue weighted by Gasteiger charge is -2.19. The van der Waals surface area contributed by atoms with Crippen LogP contribution in [0.2, 0.25) is 0 Å². The highest BCUT2D eigenvalue weighted by Gasteiger charge is 2.33. The first-order valence-electron chi connectivity index (χ1n) is 12.7. The van der Waals surface area contributed by atoms with Gasteiger partial charge in [0.05, 0.1) is 36.3 Å². The summed E-state index contributed by atoms with van der Waals surface area (Å²) in [5.74, 6) is -0.345. The maximum atomic E-state index is 13.5. The van der Waals surface area contributed by atoms with E-state index in [0.29, 0.717) is 27.8 Å². The van der Waals surface area contributed by atoms with Crippen LogP contribution in [0.25, 0.3) is 11.3 Å². The summed E-state index contributed by atoms with van der Waals surface area (Å²) in [5.41, 5.74) is 4.45. The van der Waals surface area contributed by atoms with Crippen LogP contribution in [0.3, 0.4) is 0 Å². The average Bonchev–Trinajstić information content (AvgIpc) is 3.27. The second-order valence-electron chi connectivity index (χ2n) is 8.79. The van der Waals surface area contributed by atoms with Crippen molar-refractivity contribution < 1.29 is 23.2 Å². The summed E-state index contributed by atoms with van der Waals surface area (Å²) in [7, 11) is -0.117. The molecule has 0 saturated heterocycles. The Hall–Kier alpha value is -3.75. The first-order chi connectivity index (χ1) is 18.8. The van der Waals surface area contributed by atoms with Crippen molar-refractivity contribution in [2.45, 2.75) is 13.8 Å². The summed E-state index contributed by atoms with van der Waals surface area (Å²) in [5, 5.41) is 9.57. The van der Waals surface area contributed by atoms with Gasteiger partial charge in [0.25, 0.3) is 5.91 Å². The number of fused-ring (bicyclic) bond motifs is 1. The summed E-state index contributed by atoms with van der Waals surface area (Å²) in [6.45, 7) is 4.18. The number of anilines is 3. The fourth-order valence-corrected chi connectivity index (χ4v) is 5.91. The molecule has 1 aliphatic heterocycles. The first kappa shape index (κ1) is 28.3. The fourth-order valence-electron chi connectivity index (χ4n) is 4.31. The molecule has 3 aromatic rings. The highest BCUT2D eigenvalue weighted by atomic mass is 31.2. The van der Waals surface area contributed by atoms with Gasteiger partial charge >= 0.3 is 7.60 Å². The third kappa shape index (κ3) is 6.13. The number of nitrogens with one attached hydrogen (secondary N) is 3. The lowest BCUT2D eigenvalue weighted by atomic mass is 10.00. The topological polar surface area (TPSA) is 109 Å². The molecule has 9 nitrogen and oxygen atoms in total. The zero-order valence-electron chi connectivity index (χ0n) is 22.5. The molecule has 3 N–H and O–H groups in total. The number of hydrogen-bond donors (Lipinski definition) is 3. The Labute approximate surface area is 228 Å². The Morgan fingerprint density at radius 1 is 0.974 bits per heavy atom. The lowest BCUT2D eigenvalue weighted by Crippen LogP contribution is -2.34. The minimum atomic E-state index is -3.57. The van der Waals surface area contributed by atoms with Crippen molar-refractivity contribution >= 4 is 53.0 Å². The molecule has 2 amide bonds. The van der Waals surface area contributed by atoms with Crippen LogP contribution in [-0.2, 0) is 23.2 Å². The molecule has 0 aliphatic carbocycles. The van der Waals surface area contributed by atoms with Crippen molar-refractivity contribution in [2.24, 2.45) is 0 Å². The third-order valence-electron chi connectivity index (χ3n) is 6.20. The van der Waals surface area contributed by atoms with Crippen LogP contribution in [0, 0.1) is 0 Å².